The third-order valence-corrected chi connectivity index (χ3v) is 4.91. The lowest BCUT2D eigenvalue weighted by atomic mass is 10.2. The van der Waals surface area contributed by atoms with Gasteiger partial charge in [0.25, 0.3) is 5.91 Å². The second-order valence-corrected chi connectivity index (χ2v) is 7.37. The molecule has 1 fully saturated rings. The molecule has 0 aliphatic heterocycles. The Hall–Kier alpha value is -2.66. The largest absolute Gasteiger partial charge is 0.351 e. The summed E-state index contributed by atoms with van der Waals surface area (Å²) in [5.74, 6) is 0.494. The average molecular weight is 365 g/mol. The summed E-state index contributed by atoms with van der Waals surface area (Å²) in [4.78, 5) is 26.6. The van der Waals surface area contributed by atoms with Crippen molar-refractivity contribution in [1.82, 2.24) is 10.2 Å². The second-order valence-electron chi connectivity index (χ2n) is 7.37. The van der Waals surface area contributed by atoms with Crippen molar-refractivity contribution >= 4 is 17.5 Å². The van der Waals surface area contributed by atoms with Crippen LogP contribution >= 0.6 is 0 Å². The molecule has 0 radical (unpaired) electrons. The number of nitrogens with one attached hydrogen (secondary N) is 2. The van der Waals surface area contributed by atoms with E-state index in [0.29, 0.717) is 23.7 Å². The van der Waals surface area contributed by atoms with Crippen molar-refractivity contribution in [1.29, 1.82) is 0 Å². The first kappa shape index (κ1) is 19.1. The first-order valence-electron chi connectivity index (χ1n) is 9.44. The maximum Gasteiger partial charge on any atom is 0.251 e. The van der Waals surface area contributed by atoms with Gasteiger partial charge in [0.05, 0.1) is 0 Å². The van der Waals surface area contributed by atoms with Crippen molar-refractivity contribution in [3.8, 4) is 0 Å². The van der Waals surface area contributed by atoms with Gasteiger partial charge in [-0.2, -0.15) is 0 Å². The molecule has 0 heterocycles. The summed E-state index contributed by atoms with van der Waals surface area (Å²) in [6.07, 6.45) is 0.947. The molecule has 3 rings (SSSR count). The molecule has 142 valence electrons. The minimum Gasteiger partial charge on any atom is -0.351 e. The van der Waals surface area contributed by atoms with E-state index < -0.39 is 0 Å². The van der Waals surface area contributed by atoms with Crippen LogP contribution in [-0.2, 0) is 11.3 Å². The summed E-state index contributed by atoms with van der Waals surface area (Å²) in [6.45, 7) is 4.25. The predicted molar refractivity (Wildman–Crippen MR) is 107 cm³/mol. The lowest BCUT2D eigenvalue weighted by molar-refractivity contribution is -0.117. The molecule has 2 unspecified atom stereocenters. The zero-order chi connectivity index (χ0) is 19.2. The Morgan fingerprint density at radius 3 is 2.56 bits per heavy atom. The molecule has 0 bridgehead atoms. The van der Waals surface area contributed by atoms with Gasteiger partial charge in [0.15, 0.2) is 0 Å². The van der Waals surface area contributed by atoms with Crippen LogP contribution in [-0.4, -0.2) is 36.9 Å². The highest BCUT2D eigenvalue weighted by Gasteiger charge is 2.39. The van der Waals surface area contributed by atoms with Gasteiger partial charge < -0.3 is 15.5 Å². The van der Waals surface area contributed by atoms with Crippen LogP contribution < -0.4 is 10.6 Å². The van der Waals surface area contributed by atoms with E-state index in [2.05, 4.69) is 34.6 Å². The van der Waals surface area contributed by atoms with Crippen LogP contribution in [0.3, 0.4) is 0 Å². The summed E-state index contributed by atoms with van der Waals surface area (Å²) >= 11 is 0. The number of carbonyl (C=O) groups excluding carboxylic acids is 2. The highest BCUT2D eigenvalue weighted by molar-refractivity contribution is 5.98. The van der Waals surface area contributed by atoms with E-state index in [0.717, 1.165) is 19.5 Å². The molecule has 1 aliphatic carbocycles. The molecular weight excluding hydrogens is 338 g/mol. The lowest BCUT2D eigenvalue weighted by Crippen LogP contribution is -2.32. The van der Waals surface area contributed by atoms with Gasteiger partial charge in [-0.3, -0.25) is 9.59 Å². The Morgan fingerprint density at radius 1 is 1.11 bits per heavy atom. The second kappa shape index (κ2) is 8.82. The number of anilines is 1. The van der Waals surface area contributed by atoms with E-state index in [9.17, 15) is 9.59 Å². The van der Waals surface area contributed by atoms with Crippen molar-refractivity contribution in [2.45, 2.75) is 19.9 Å². The predicted octanol–water partition coefficient (Wildman–Crippen LogP) is 3.14. The topological polar surface area (TPSA) is 61.4 Å². The zero-order valence-corrected chi connectivity index (χ0v) is 15.9. The molecule has 5 nitrogen and oxygen atoms in total. The molecule has 1 aliphatic rings. The van der Waals surface area contributed by atoms with E-state index in [-0.39, 0.29) is 17.7 Å². The monoisotopic (exact) mass is 365 g/mol. The molecule has 2 atom stereocenters. The first-order chi connectivity index (χ1) is 13.0. The Kier molecular flexibility index (Phi) is 6.24. The van der Waals surface area contributed by atoms with Gasteiger partial charge in [-0.1, -0.05) is 43.3 Å². The third-order valence-electron chi connectivity index (χ3n) is 4.91. The molecule has 2 amide bonds. The summed E-state index contributed by atoms with van der Waals surface area (Å²) in [6, 6.07) is 17.4. The molecule has 2 aromatic rings. The molecule has 2 aromatic carbocycles. The summed E-state index contributed by atoms with van der Waals surface area (Å²) < 4.78 is 0. The normalized spacial score (nSPS) is 18.2. The van der Waals surface area contributed by atoms with Gasteiger partial charge in [-0.25, -0.2) is 0 Å². The fourth-order valence-electron chi connectivity index (χ4n) is 3.10. The minimum atomic E-state index is -0.126. The fourth-order valence-corrected chi connectivity index (χ4v) is 3.10. The summed E-state index contributed by atoms with van der Waals surface area (Å²) in [5.41, 5.74) is 2.48. The van der Waals surface area contributed by atoms with Crippen molar-refractivity contribution in [2.75, 3.05) is 25.5 Å². The zero-order valence-electron chi connectivity index (χ0n) is 15.9. The molecular formula is C22H27N3O2. The lowest BCUT2D eigenvalue weighted by Gasteiger charge is -2.17. The van der Waals surface area contributed by atoms with Gasteiger partial charge >= 0.3 is 0 Å². The van der Waals surface area contributed by atoms with Crippen molar-refractivity contribution in [2.24, 2.45) is 11.8 Å². The number of likely N-dealkylation sites (N-methyl/N-ethyl adjacent to an activating group) is 1. The molecule has 0 aromatic heterocycles. The van der Waals surface area contributed by atoms with E-state index in [1.807, 2.05) is 31.3 Å². The van der Waals surface area contributed by atoms with Crippen LogP contribution in [0.1, 0.15) is 29.3 Å². The van der Waals surface area contributed by atoms with Gasteiger partial charge in [-0.05, 0) is 43.1 Å². The number of hydrogen-bond donors (Lipinski definition) is 2. The Bertz CT molecular complexity index is 791. The number of carbonyl (C=O) groups is 2. The van der Waals surface area contributed by atoms with Gasteiger partial charge in [0.1, 0.15) is 0 Å². The molecule has 0 saturated heterocycles. The number of amides is 2. The molecule has 2 N–H and O–H groups in total. The Balaban J connectivity index is 1.45. The van der Waals surface area contributed by atoms with Crippen LogP contribution in [0.15, 0.2) is 54.6 Å². The van der Waals surface area contributed by atoms with E-state index >= 15 is 0 Å². The Morgan fingerprint density at radius 2 is 1.85 bits per heavy atom. The van der Waals surface area contributed by atoms with Crippen LogP contribution in [0.2, 0.25) is 0 Å². The quantitative estimate of drug-likeness (QED) is 0.755. The highest BCUT2D eigenvalue weighted by atomic mass is 16.2. The van der Waals surface area contributed by atoms with E-state index in [4.69, 9.17) is 0 Å². The average Bonchev–Trinajstić information content (AvgIpc) is 3.39. The van der Waals surface area contributed by atoms with Crippen molar-refractivity contribution in [3.63, 3.8) is 0 Å². The summed E-state index contributed by atoms with van der Waals surface area (Å²) in [7, 11) is 2.04. The number of rotatable bonds is 8. The molecule has 0 spiro atoms. The van der Waals surface area contributed by atoms with Gasteiger partial charge in [0.2, 0.25) is 5.91 Å². The smallest absolute Gasteiger partial charge is 0.251 e. The van der Waals surface area contributed by atoms with Crippen LogP contribution in [0.25, 0.3) is 0 Å². The van der Waals surface area contributed by atoms with Crippen molar-refractivity contribution < 1.29 is 9.59 Å². The van der Waals surface area contributed by atoms with Gasteiger partial charge in [0, 0.05) is 36.8 Å². The maximum atomic E-state index is 12.4. The van der Waals surface area contributed by atoms with Crippen molar-refractivity contribution in [3.05, 3.63) is 65.7 Å². The third kappa shape index (κ3) is 5.66. The highest BCUT2D eigenvalue weighted by Crippen LogP contribution is 2.38. The van der Waals surface area contributed by atoms with Crippen LogP contribution in [0.4, 0.5) is 5.69 Å². The number of benzene rings is 2. The maximum absolute atomic E-state index is 12.4. The fraction of sp³-hybridized carbons (Fsp3) is 0.364. The van der Waals surface area contributed by atoms with E-state index in [1.165, 1.54) is 5.56 Å². The minimum absolute atomic E-state index is 0.0441. The molecule has 27 heavy (non-hydrogen) atoms. The standard InChI is InChI=1S/C22H27N3O2/c1-16-13-20(16)22(27)24-19-10-6-9-18(14-19)21(26)23-11-12-25(2)15-17-7-4-3-5-8-17/h3-10,14,16,20H,11-13,15H2,1-2H3,(H,23,26)(H,24,27). The number of hydrogen-bond acceptors (Lipinski definition) is 3. The molecule has 5 heteroatoms. The summed E-state index contributed by atoms with van der Waals surface area (Å²) in [5, 5.41) is 5.85. The SMILES string of the molecule is CC1CC1C(=O)Nc1cccc(C(=O)NCCN(C)Cc2ccccc2)c1. The van der Waals surface area contributed by atoms with Gasteiger partial charge in [-0.15, -0.1) is 0 Å². The number of nitrogens with zero attached hydrogens (tertiary/aromatic N) is 1. The molecule has 1 saturated carbocycles. The van der Waals surface area contributed by atoms with E-state index in [1.54, 1.807) is 18.2 Å². The van der Waals surface area contributed by atoms with Crippen LogP contribution in [0, 0.1) is 11.8 Å². The Labute approximate surface area is 160 Å². The van der Waals surface area contributed by atoms with Crippen LogP contribution in [0.5, 0.6) is 0 Å². The first-order valence-corrected chi connectivity index (χ1v) is 9.44.